The van der Waals surface area contributed by atoms with Gasteiger partial charge in [0.2, 0.25) is 5.91 Å². The van der Waals surface area contributed by atoms with Crippen molar-refractivity contribution in [2.45, 2.75) is 25.8 Å². The molecule has 82 valence electrons. The summed E-state index contributed by atoms with van der Waals surface area (Å²) in [4.78, 5) is 13.5. The van der Waals surface area contributed by atoms with Gasteiger partial charge in [-0.2, -0.15) is 5.26 Å². The van der Waals surface area contributed by atoms with Crippen molar-refractivity contribution in [2.75, 3.05) is 19.8 Å². The number of likely N-dealkylation sites (tertiary alicyclic amines) is 1. The van der Waals surface area contributed by atoms with Crippen LogP contribution in [0.2, 0.25) is 0 Å². The Kier molecular flexibility index (Phi) is 2.92. The van der Waals surface area contributed by atoms with Crippen LogP contribution in [0, 0.1) is 23.2 Å². The lowest BCUT2D eigenvalue weighted by Crippen LogP contribution is -2.39. The van der Waals surface area contributed by atoms with E-state index in [4.69, 9.17) is 10.00 Å². The largest absolute Gasteiger partial charge is 0.381 e. The summed E-state index contributed by atoms with van der Waals surface area (Å²) in [6, 6.07) is 2.40. The molecular formula is C11H16N2O2. The Morgan fingerprint density at radius 3 is 3.00 bits per heavy atom. The molecule has 1 amide bonds. The van der Waals surface area contributed by atoms with Crippen molar-refractivity contribution in [3.63, 3.8) is 0 Å². The van der Waals surface area contributed by atoms with Gasteiger partial charge < -0.3 is 9.64 Å². The minimum Gasteiger partial charge on any atom is -0.381 e. The van der Waals surface area contributed by atoms with E-state index in [0.29, 0.717) is 18.9 Å². The molecule has 2 heterocycles. The molecule has 0 aliphatic carbocycles. The molecule has 0 radical (unpaired) electrons. The number of nitriles is 1. The molecule has 2 saturated heterocycles. The zero-order valence-corrected chi connectivity index (χ0v) is 8.98. The van der Waals surface area contributed by atoms with Gasteiger partial charge in [0.15, 0.2) is 0 Å². The second-order valence-corrected chi connectivity index (χ2v) is 4.44. The molecule has 2 aliphatic rings. The Labute approximate surface area is 89.8 Å². The van der Waals surface area contributed by atoms with Crippen molar-refractivity contribution in [1.29, 1.82) is 5.26 Å². The minimum absolute atomic E-state index is 0.109. The van der Waals surface area contributed by atoms with Crippen molar-refractivity contribution in [3.05, 3.63) is 0 Å². The third kappa shape index (κ3) is 1.98. The third-order valence-electron chi connectivity index (χ3n) is 3.48. The van der Waals surface area contributed by atoms with E-state index in [2.05, 4.69) is 13.0 Å². The number of ether oxygens (including phenoxy) is 1. The van der Waals surface area contributed by atoms with Crippen LogP contribution in [0.15, 0.2) is 0 Å². The first-order chi connectivity index (χ1) is 7.22. The standard InChI is InChI=1S/C11H16N2O2/c1-8(10-2-3-15-7-10)13-6-9(5-12)4-11(13)14/h8-10H,2-4,6-7H2,1H3. The second kappa shape index (κ2) is 4.19. The average molecular weight is 208 g/mol. The molecule has 0 N–H and O–H groups in total. The summed E-state index contributed by atoms with van der Waals surface area (Å²) < 4.78 is 5.32. The van der Waals surface area contributed by atoms with Crippen molar-refractivity contribution in [3.8, 4) is 6.07 Å². The molecule has 0 bridgehead atoms. The van der Waals surface area contributed by atoms with E-state index in [0.717, 1.165) is 19.6 Å². The smallest absolute Gasteiger partial charge is 0.224 e. The highest BCUT2D eigenvalue weighted by atomic mass is 16.5. The lowest BCUT2D eigenvalue weighted by Gasteiger charge is -2.28. The van der Waals surface area contributed by atoms with Crippen LogP contribution in [0.5, 0.6) is 0 Å². The number of carbonyl (C=O) groups excluding carboxylic acids is 1. The Morgan fingerprint density at radius 1 is 1.67 bits per heavy atom. The number of hydrogen-bond donors (Lipinski definition) is 0. The third-order valence-corrected chi connectivity index (χ3v) is 3.48. The Hall–Kier alpha value is -1.08. The first kappa shape index (κ1) is 10.4. The maximum Gasteiger partial charge on any atom is 0.224 e. The highest BCUT2D eigenvalue weighted by molar-refractivity contribution is 5.79. The fourth-order valence-corrected chi connectivity index (χ4v) is 2.40. The SMILES string of the molecule is CC(C1CCOC1)N1CC(C#N)CC1=O. The van der Waals surface area contributed by atoms with Crippen molar-refractivity contribution < 1.29 is 9.53 Å². The molecule has 2 rings (SSSR count). The summed E-state index contributed by atoms with van der Waals surface area (Å²) >= 11 is 0. The molecule has 0 aromatic carbocycles. The van der Waals surface area contributed by atoms with E-state index in [9.17, 15) is 4.79 Å². The normalized spacial score (nSPS) is 33.1. The molecular weight excluding hydrogens is 192 g/mol. The number of hydrogen-bond acceptors (Lipinski definition) is 3. The zero-order chi connectivity index (χ0) is 10.8. The fraction of sp³-hybridized carbons (Fsp3) is 0.818. The highest BCUT2D eigenvalue weighted by Gasteiger charge is 2.36. The summed E-state index contributed by atoms with van der Waals surface area (Å²) in [6.07, 6.45) is 1.43. The van der Waals surface area contributed by atoms with Gasteiger partial charge in [0.25, 0.3) is 0 Å². The maximum absolute atomic E-state index is 11.7. The van der Waals surface area contributed by atoms with E-state index in [-0.39, 0.29) is 17.9 Å². The molecule has 0 spiro atoms. The molecule has 2 fully saturated rings. The van der Waals surface area contributed by atoms with Gasteiger partial charge in [-0.1, -0.05) is 0 Å². The molecule has 4 heteroatoms. The monoisotopic (exact) mass is 208 g/mol. The predicted octanol–water partition coefficient (Wildman–Crippen LogP) is 0.783. The van der Waals surface area contributed by atoms with E-state index in [1.807, 2.05) is 4.90 Å². The van der Waals surface area contributed by atoms with Gasteiger partial charge in [0, 0.05) is 31.5 Å². The minimum atomic E-state index is -0.109. The van der Waals surface area contributed by atoms with Gasteiger partial charge in [-0.25, -0.2) is 0 Å². The predicted molar refractivity (Wildman–Crippen MR) is 53.8 cm³/mol. The number of nitrogens with zero attached hydrogens (tertiary/aromatic N) is 2. The summed E-state index contributed by atoms with van der Waals surface area (Å²) in [6.45, 7) is 4.23. The first-order valence-corrected chi connectivity index (χ1v) is 5.49. The molecule has 15 heavy (non-hydrogen) atoms. The summed E-state index contributed by atoms with van der Waals surface area (Å²) in [5.74, 6) is 0.467. The van der Waals surface area contributed by atoms with Gasteiger partial charge in [0.05, 0.1) is 18.6 Å². The average Bonchev–Trinajstić information content (AvgIpc) is 2.85. The molecule has 3 atom stereocenters. The lowest BCUT2D eigenvalue weighted by atomic mass is 9.99. The van der Waals surface area contributed by atoms with Crippen LogP contribution < -0.4 is 0 Å². The lowest BCUT2D eigenvalue weighted by molar-refractivity contribution is -0.130. The van der Waals surface area contributed by atoms with Gasteiger partial charge in [-0.15, -0.1) is 0 Å². The van der Waals surface area contributed by atoms with E-state index in [1.54, 1.807) is 0 Å². The van der Waals surface area contributed by atoms with E-state index in [1.165, 1.54) is 0 Å². The van der Waals surface area contributed by atoms with Crippen LogP contribution in [0.3, 0.4) is 0 Å². The summed E-state index contributed by atoms with van der Waals surface area (Å²) in [7, 11) is 0. The quantitative estimate of drug-likeness (QED) is 0.674. The van der Waals surface area contributed by atoms with Crippen molar-refractivity contribution >= 4 is 5.91 Å². The van der Waals surface area contributed by atoms with Crippen LogP contribution in [0.25, 0.3) is 0 Å². The Balaban J connectivity index is 1.98. The van der Waals surface area contributed by atoms with E-state index < -0.39 is 0 Å². The van der Waals surface area contributed by atoms with Crippen molar-refractivity contribution in [2.24, 2.45) is 11.8 Å². The maximum atomic E-state index is 11.7. The molecule has 2 aliphatic heterocycles. The fourth-order valence-electron chi connectivity index (χ4n) is 2.40. The molecule has 0 aromatic heterocycles. The molecule has 0 saturated carbocycles. The van der Waals surface area contributed by atoms with Crippen LogP contribution in [-0.2, 0) is 9.53 Å². The second-order valence-electron chi connectivity index (χ2n) is 4.44. The molecule has 0 aromatic rings. The Morgan fingerprint density at radius 2 is 2.47 bits per heavy atom. The topological polar surface area (TPSA) is 53.3 Å². The van der Waals surface area contributed by atoms with Gasteiger partial charge in [-0.3, -0.25) is 4.79 Å². The van der Waals surface area contributed by atoms with Crippen molar-refractivity contribution in [1.82, 2.24) is 4.90 Å². The van der Waals surface area contributed by atoms with Crippen LogP contribution in [0.1, 0.15) is 19.8 Å². The first-order valence-electron chi connectivity index (χ1n) is 5.49. The van der Waals surface area contributed by atoms with Gasteiger partial charge in [0.1, 0.15) is 0 Å². The Bertz CT molecular complexity index is 291. The molecule has 4 nitrogen and oxygen atoms in total. The number of amides is 1. The number of carbonyl (C=O) groups is 1. The molecule has 3 unspecified atom stereocenters. The highest BCUT2D eigenvalue weighted by Crippen LogP contribution is 2.26. The van der Waals surface area contributed by atoms with Crippen LogP contribution in [0.4, 0.5) is 0 Å². The van der Waals surface area contributed by atoms with Crippen LogP contribution >= 0.6 is 0 Å². The number of rotatable bonds is 2. The van der Waals surface area contributed by atoms with E-state index >= 15 is 0 Å². The van der Waals surface area contributed by atoms with Crippen LogP contribution in [-0.4, -0.2) is 36.6 Å². The van der Waals surface area contributed by atoms with Gasteiger partial charge >= 0.3 is 0 Å². The summed E-state index contributed by atoms with van der Waals surface area (Å²) in [5.41, 5.74) is 0. The van der Waals surface area contributed by atoms with Gasteiger partial charge in [-0.05, 0) is 13.3 Å². The zero-order valence-electron chi connectivity index (χ0n) is 8.98. The summed E-state index contributed by atoms with van der Waals surface area (Å²) in [5, 5.41) is 8.80.